The van der Waals surface area contributed by atoms with Crippen molar-refractivity contribution in [3.63, 3.8) is 0 Å². The lowest BCUT2D eigenvalue weighted by atomic mass is 9.96. The average molecular weight is 281 g/mol. The monoisotopic (exact) mass is 281 g/mol. The van der Waals surface area contributed by atoms with Gasteiger partial charge in [-0.05, 0) is 26.2 Å². The Morgan fingerprint density at radius 1 is 1.20 bits per heavy atom. The van der Waals surface area contributed by atoms with Crippen LogP contribution in [-0.2, 0) is 0 Å². The van der Waals surface area contributed by atoms with Crippen LogP contribution in [0.3, 0.4) is 0 Å². The molecule has 2 amide bonds. The Hall–Kier alpha value is -1.59. The molecule has 0 heterocycles. The minimum absolute atomic E-state index is 0.0483. The van der Waals surface area contributed by atoms with Crippen molar-refractivity contribution < 1.29 is 4.79 Å². The predicted molar refractivity (Wildman–Crippen MR) is 83.6 cm³/mol. The molecule has 1 aliphatic rings. The van der Waals surface area contributed by atoms with Crippen LogP contribution < -0.4 is 16.0 Å². The molecule has 1 aliphatic carbocycles. The van der Waals surface area contributed by atoms with Crippen molar-refractivity contribution in [3.8, 4) is 0 Å². The van der Waals surface area contributed by atoms with Crippen LogP contribution >= 0.6 is 0 Å². The van der Waals surface area contributed by atoms with Gasteiger partial charge in [-0.25, -0.2) is 9.79 Å². The standard InChI is InChI=1S/C14H27N5O/c1-3-16-13(15-2)17-10-7-11-18-14(20)19-12-8-5-4-6-9-12/h3,12H,4-11H2,1-2H3,(H,15,17)(H2,18,19,20). The highest BCUT2D eigenvalue weighted by Crippen LogP contribution is 2.16. The highest BCUT2D eigenvalue weighted by molar-refractivity contribution is 5.86. The van der Waals surface area contributed by atoms with Crippen molar-refractivity contribution in [1.82, 2.24) is 16.0 Å². The summed E-state index contributed by atoms with van der Waals surface area (Å²) in [6.45, 7) is 3.25. The number of guanidine groups is 1. The molecule has 114 valence electrons. The van der Waals surface area contributed by atoms with E-state index in [-0.39, 0.29) is 6.03 Å². The van der Waals surface area contributed by atoms with Gasteiger partial charge >= 0.3 is 6.03 Å². The molecule has 20 heavy (non-hydrogen) atoms. The third-order valence-corrected chi connectivity index (χ3v) is 3.33. The summed E-state index contributed by atoms with van der Waals surface area (Å²) in [7, 11) is 1.70. The highest BCUT2D eigenvalue weighted by Gasteiger charge is 2.14. The van der Waals surface area contributed by atoms with E-state index in [1.807, 2.05) is 6.92 Å². The number of rotatable bonds is 5. The first kappa shape index (κ1) is 16.5. The average Bonchev–Trinajstić information content (AvgIpc) is 2.46. The molecule has 0 spiro atoms. The molecule has 0 aromatic rings. The molecule has 0 aromatic heterocycles. The molecule has 6 heteroatoms. The lowest BCUT2D eigenvalue weighted by Crippen LogP contribution is -2.43. The number of aliphatic imine (C=N–C) groups is 2. The van der Waals surface area contributed by atoms with E-state index in [2.05, 4.69) is 25.9 Å². The Kier molecular flexibility index (Phi) is 8.42. The summed E-state index contributed by atoms with van der Waals surface area (Å²) < 4.78 is 0. The Morgan fingerprint density at radius 2 is 1.90 bits per heavy atom. The molecule has 0 radical (unpaired) electrons. The number of nitrogens with zero attached hydrogens (tertiary/aromatic N) is 2. The van der Waals surface area contributed by atoms with Crippen LogP contribution in [0.2, 0.25) is 0 Å². The molecule has 3 N–H and O–H groups in total. The molecule has 0 aliphatic heterocycles. The smallest absolute Gasteiger partial charge is 0.315 e. The molecule has 0 atom stereocenters. The van der Waals surface area contributed by atoms with E-state index in [1.54, 1.807) is 13.3 Å². The second-order valence-corrected chi connectivity index (χ2v) is 4.95. The van der Waals surface area contributed by atoms with E-state index in [0.29, 0.717) is 18.5 Å². The Labute approximate surface area is 121 Å². The van der Waals surface area contributed by atoms with Crippen molar-refractivity contribution in [1.29, 1.82) is 0 Å². The maximum Gasteiger partial charge on any atom is 0.315 e. The van der Waals surface area contributed by atoms with Gasteiger partial charge in [0, 0.05) is 32.4 Å². The molecular formula is C14H27N5O. The van der Waals surface area contributed by atoms with Gasteiger partial charge in [0.25, 0.3) is 0 Å². The molecule has 0 bridgehead atoms. The Bertz CT molecular complexity index is 334. The molecule has 6 nitrogen and oxygen atoms in total. The summed E-state index contributed by atoms with van der Waals surface area (Å²) in [6, 6.07) is 0.312. The minimum atomic E-state index is -0.0483. The molecule has 0 aromatic carbocycles. The summed E-state index contributed by atoms with van der Waals surface area (Å²) in [4.78, 5) is 19.7. The third kappa shape index (κ3) is 7.11. The van der Waals surface area contributed by atoms with Crippen LogP contribution in [0.15, 0.2) is 9.98 Å². The van der Waals surface area contributed by atoms with E-state index >= 15 is 0 Å². The normalized spacial score (nSPS) is 17.2. The fourth-order valence-electron chi connectivity index (χ4n) is 2.28. The highest BCUT2D eigenvalue weighted by atomic mass is 16.2. The number of urea groups is 1. The van der Waals surface area contributed by atoms with Crippen molar-refractivity contribution in [3.05, 3.63) is 0 Å². The van der Waals surface area contributed by atoms with Crippen molar-refractivity contribution in [2.45, 2.75) is 51.5 Å². The first-order valence-corrected chi connectivity index (χ1v) is 7.50. The van der Waals surface area contributed by atoms with Crippen LogP contribution in [0.5, 0.6) is 0 Å². The van der Waals surface area contributed by atoms with Crippen molar-refractivity contribution >= 4 is 18.2 Å². The molecule has 0 unspecified atom stereocenters. The fraction of sp³-hybridized carbons (Fsp3) is 0.786. The first-order chi connectivity index (χ1) is 9.76. The summed E-state index contributed by atoms with van der Waals surface area (Å²) in [5.41, 5.74) is 0. The van der Waals surface area contributed by atoms with Crippen LogP contribution in [0.1, 0.15) is 45.4 Å². The fourth-order valence-corrected chi connectivity index (χ4v) is 2.28. The third-order valence-electron chi connectivity index (χ3n) is 3.33. The van der Waals surface area contributed by atoms with Gasteiger partial charge < -0.3 is 16.0 Å². The number of nitrogens with one attached hydrogen (secondary N) is 3. The molecule has 1 rings (SSSR count). The van der Waals surface area contributed by atoms with E-state index in [1.165, 1.54) is 19.3 Å². The van der Waals surface area contributed by atoms with Gasteiger partial charge in [-0.1, -0.05) is 19.3 Å². The summed E-state index contributed by atoms with van der Waals surface area (Å²) in [5, 5.41) is 9.02. The molecule has 1 saturated carbocycles. The van der Waals surface area contributed by atoms with E-state index in [4.69, 9.17) is 0 Å². The van der Waals surface area contributed by atoms with Gasteiger partial charge in [0.2, 0.25) is 5.96 Å². The van der Waals surface area contributed by atoms with Crippen LogP contribution in [-0.4, -0.2) is 44.4 Å². The lowest BCUT2D eigenvalue weighted by Gasteiger charge is -2.22. The van der Waals surface area contributed by atoms with Gasteiger partial charge in [0.1, 0.15) is 0 Å². The van der Waals surface area contributed by atoms with Crippen molar-refractivity contribution in [2.75, 3.05) is 20.1 Å². The number of hydrogen-bond donors (Lipinski definition) is 3. The number of hydrogen-bond acceptors (Lipinski definition) is 2. The van der Waals surface area contributed by atoms with Gasteiger partial charge in [-0.2, -0.15) is 0 Å². The van der Waals surface area contributed by atoms with Crippen LogP contribution in [0.25, 0.3) is 0 Å². The second kappa shape index (κ2) is 10.2. The van der Waals surface area contributed by atoms with Gasteiger partial charge in [-0.15, -0.1) is 0 Å². The van der Waals surface area contributed by atoms with E-state index in [0.717, 1.165) is 25.8 Å². The summed E-state index contributed by atoms with van der Waals surface area (Å²) in [5.74, 6) is 0.624. The van der Waals surface area contributed by atoms with E-state index in [9.17, 15) is 4.79 Å². The maximum atomic E-state index is 11.7. The second-order valence-electron chi connectivity index (χ2n) is 4.95. The van der Waals surface area contributed by atoms with Crippen LogP contribution in [0.4, 0.5) is 4.79 Å². The zero-order chi connectivity index (χ0) is 14.6. The SMILES string of the molecule is CC=NC(=NC)NCCCNC(=O)NC1CCCCC1. The first-order valence-electron chi connectivity index (χ1n) is 7.50. The van der Waals surface area contributed by atoms with Crippen molar-refractivity contribution in [2.24, 2.45) is 9.98 Å². The predicted octanol–water partition coefficient (Wildman–Crippen LogP) is 1.67. The van der Waals surface area contributed by atoms with E-state index < -0.39 is 0 Å². The minimum Gasteiger partial charge on any atom is -0.354 e. The summed E-state index contributed by atoms with van der Waals surface area (Å²) in [6.07, 6.45) is 8.52. The number of amides is 2. The van der Waals surface area contributed by atoms with Gasteiger partial charge in [0.15, 0.2) is 0 Å². The number of carbonyl (C=O) groups is 1. The topological polar surface area (TPSA) is 77.9 Å². The Morgan fingerprint density at radius 3 is 2.55 bits per heavy atom. The number of carbonyl (C=O) groups excluding carboxylic acids is 1. The zero-order valence-electron chi connectivity index (χ0n) is 12.6. The Balaban J connectivity index is 2.04. The van der Waals surface area contributed by atoms with Gasteiger partial charge in [0.05, 0.1) is 0 Å². The molecular weight excluding hydrogens is 254 g/mol. The quantitative estimate of drug-likeness (QED) is 0.407. The molecule has 0 saturated heterocycles. The van der Waals surface area contributed by atoms with Crippen LogP contribution in [0, 0.1) is 0 Å². The molecule has 1 fully saturated rings. The zero-order valence-corrected chi connectivity index (χ0v) is 12.6. The lowest BCUT2D eigenvalue weighted by molar-refractivity contribution is 0.232. The largest absolute Gasteiger partial charge is 0.354 e. The van der Waals surface area contributed by atoms with Gasteiger partial charge in [-0.3, -0.25) is 4.99 Å². The maximum absolute atomic E-state index is 11.7. The summed E-state index contributed by atoms with van der Waals surface area (Å²) >= 11 is 0.